The van der Waals surface area contributed by atoms with Gasteiger partial charge in [0.05, 0.1) is 24.4 Å². The SMILES string of the molecule is COCc1[nH]n(C2CCCC2O)c(=O)c1Br. The molecule has 0 radical (unpaired) electrons. The molecule has 1 aromatic rings. The molecule has 6 heteroatoms. The normalized spacial score (nSPS) is 25.2. The van der Waals surface area contributed by atoms with Gasteiger partial charge in [-0.15, -0.1) is 0 Å². The molecule has 5 nitrogen and oxygen atoms in total. The minimum Gasteiger partial charge on any atom is -0.391 e. The second-order valence-electron chi connectivity index (χ2n) is 4.08. The zero-order valence-corrected chi connectivity index (χ0v) is 10.7. The van der Waals surface area contributed by atoms with Gasteiger partial charge in [0.2, 0.25) is 0 Å². The fraction of sp³-hybridized carbons (Fsp3) is 0.700. The summed E-state index contributed by atoms with van der Waals surface area (Å²) in [5.74, 6) is 0. The minimum atomic E-state index is -0.432. The van der Waals surface area contributed by atoms with Crippen LogP contribution < -0.4 is 5.56 Å². The van der Waals surface area contributed by atoms with Crippen molar-refractivity contribution in [3.8, 4) is 0 Å². The second kappa shape index (κ2) is 4.73. The van der Waals surface area contributed by atoms with Crippen molar-refractivity contribution in [2.45, 2.75) is 38.0 Å². The highest BCUT2D eigenvalue weighted by Gasteiger charge is 2.29. The van der Waals surface area contributed by atoms with E-state index in [-0.39, 0.29) is 11.6 Å². The van der Waals surface area contributed by atoms with Gasteiger partial charge in [0.1, 0.15) is 4.47 Å². The Balaban J connectivity index is 2.34. The summed E-state index contributed by atoms with van der Waals surface area (Å²) in [4.78, 5) is 11.9. The molecule has 0 aromatic carbocycles. The molecule has 2 rings (SSSR count). The highest BCUT2D eigenvalue weighted by Crippen LogP contribution is 2.29. The number of hydrogen-bond donors (Lipinski definition) is 2. The Morgan fingerprint density at radius 3 is 2.94 bits per heavy atom. The topological polar surface area (TPSA) is 67.2 Å². The van der Waals surface area contributed by atoms with E-state index >= 15 is 0 Å². The number of nitrogens with zero attached hydrogens (tertiary/aromatic N) is 1. The Kier molecular flexibility index (Phi) is 3.51. The van der Waals surface area contributed by atoms with Gasteiger partial charge in [-0.1, -0.05) is 0 Å². The molecule has 16 heavy (non-hydrogen) atoms. The van der Waals surface area contributed by atoms with Crippen LogP contribution in [0.15, 0.2) is 9.27 Å². The number of nitrogens with one attached hydrogen (secondary N) is 1. The summed E-state index contributed by atoms with van der Waals surface area (Å²) in [5, 5.41) is 12.8. The van der Waals surface area contributed by atoms with Crippen molar-refractivity contribution in [2.75, 3.05) is 7.11 Å². The molecule has 1 heterocycles. The van der Waals surface area contributed by atoms with Gasteiger partial charge in [-0.3, -0.25) is 9.89 Å². The number of methoxy groups -OCH3 is 1. The molecule has 0 saturated heterocycles. The highest BCUT2D eigenvalue weighted by molar-refractivity contribution is 9.10. The lowest BCUT2D eigenvalue weighted by Gasteiger charge is -2.14. The first-order valence-electron chi connectivity index (χ1n) is 5.31. The van der Waals surface area contributed by atoms with Crippen molar-refractivity contribution in [3.05, 3.63) is 20.5 Å². The van der Waals surface area contributed by atoms with Crippen LogP contribution in [0.2, 0.25) is 0 Å². The molecule has 0 bridgehead atoms. The van der Waals surface area contributed by atoms with Crippen molar-refractivity contribution < 1.29 is 9.84 Å². The van der Waals surface area contributed by atoms with Gasteiger partial charge in [-0.25, -0.2) is 4.68 Å². The van der Waals surface area contributed by atoms with E-state index in [0.29, 0.717) is 16.8 Å². The van der Waals surface area contributed by atoms with Crippen molar-refractivity contribution in [2.24, 2.45) is 0 Å². The Bertz CT molecular complexity index is 426. The first-order chi connectivity index (χ1) is 7.65. The summed E-state index contributed by atoms with van der Waals surface area (Å²) < 4.78 is 6.99. The van der Waals surface area contributed by atoms with Gasteiger partial charge in [0.15, 0.2) is 0 Å². The lowest BCUT2D eigenvalue weighted by Crippen LogP contribution is -2.27. The fourth-order valence-corrected chi connectivity index (χ4v) is 2.57. The average molecular weight is 291 g/mol. The van der Waals surface area contributed by atoms with Crippen LogP contribution in [0.5, 0.6) is 0 Å². The summed E-state index contributed by atoms with van der Waals surface area (Å²) in [7, 11) is 1.58. The second-order valence-corrected chi connectivity index (χ2v) is 4.87. The van der Waals surface area contributed by atoms with Crippen LogP contribution in [0, 0.1) is 0 Å². The average Bonchev–Trinajstić information content (AvgIpc) is 2.78. The van der Waals surface area contributed by atoms with Crippen LogP contribution in [0.3, 0.4) is 0 Å². The number of aromatic amines is 1. The Morgan fingerprint density at radius 1 is 1.62 bits per heavy atom. The zero-order chi connectivity index (χ0) is 11.7. The molecule has 1 fully saturated rings. The number of ether oxygens (including phenoxy) is 1. The Hall–Kier alpha value is -0.590. The number of rotatable bonds is 3. The third kappa shape index (κ3) is 1.97. The summed E-state index contributed by atoms with van der Waals surface area (Å²) in [5.41, 5.74) is 0.588. The van der Waals surface area contributed by atoms with E-state index in [1.54, 1.807) is 7.11 Å². The van der Waals surface area contributed by atoms with Crippen LogP contribution in [0.25, 0.3) is 0 Å². The van der Waals surface area contributed by atoms with Crippen molar-refractivity contribution in [3.63, 3.8) is 0 Å². The van der Waals surface area contributed by atoms with Crippen molar-refractivity contribution in [1.82, 2.24) is 9.78 Å². The quantitative estimate of drug-likeness (QED) is 0.878. The smallest absolute Gasteiger partial charge is 0.281 e. The van der Waals surface area contributed by atoms with E-state index in [4.69, 9.17) is 4.74 Å². The predicted molar refractivity (Wildman–Crippen MR) is 62.4 cm³/mol. The third-order valence-electron chi connectivity index (χ3n) is 2.99. The maximum absolute atomic E-state index is 11.9. The summed E-state index contributed by atoms with van der Waals surface area (Å²) in [6, 6.07) is -0.130. The summed E-state index contributed by atoms with van der Waals surface area (Å²) in [6.07, 6.45) is 2.11. The molecule has 2 unspecified atom stereocenters. The van der Waals surface area contributed by atoms with E-state index in [9.17, 15) is 9.90 Å². The molecule has 0 amide bonds. The van der Waals surface area contributed by atoms with E-state index in [1.165, 1.54) is 4.68 Å². The third-order valence-corrected chi connectivity index (χ3v) is 3.81. The van der Waals surface area contributed by atoms with Crippen molar-refractivity contribution in [1.29, 1.82) is 0 Å². The monoisotopic (exact) mass is 290 g/mol. The predicted octanol–water partition coefficient (Wildman–Crippen LogP) is 1.17. The first-order valence-corrected chi connectivity index (χ1v) is 6.10. The van der Waals surface area contributed by atoms with Gasteiger partial charge in [-0.2, -0.15) is 0 Å². The molecule has 0 aliphatic heterocycles. The van der Waals surface area contributed by atoms with Crippen LogP contribution in [0.1, 0.15) is 31.0 Å². The summed E-state index contributed by atoms with van der Waals surface area (Å²) in [6.45, 7) is 0.353. The standard InChI is InChI=1S/C10H15BrN2O3/c1-16-5-6-9(11)10(15)13(12-6)7-3-2-4-8(7)14/h7-8,12,14H,2-5H2,1H3. The zero-order valence-electron chi connectivity index (χ0n) is 9.07. The molecule has 2 atom stereocenters. The van der Waals surface area contributed by atoms with Crippen LogP contribution in [-0.4, -0.2) is 28.1 Å². The first kappa shape index (κ1) is 11.9. The molecule has 1 aliphatic carbocycles. The van der Waals surface area contributed by atoms with Gasteiger partial charge in [0, 0.05) is 7.11 Å². The van der Waals surface area contributed by atoms with E-state index < -0.39 is 6.10 Å². The number of halogens is 1. The fourth-order valence-electron chi connectivity index (χ4n) is 2.18. The number of aliphatic hydroxyl groups excluding tert-OH is 1. The largest absolute Gasteiger partial charge is 0.391 e. The number of hydrogen-bond acceptors (Lipinski definition) is 3. The Morgan fingerprint density at radius 2 is 2.38 bits per heavy atom. The lowest BCUT2D eigenvalue weighted by atomic mass is 10.2. The van der Waals surface area contributed by atoms with Crippen molar-refractivity contribution >= 4 is 15.9 Å². The van der Waals surface area contributed by atoms with Gasteiger partial charge >= 0.3 is 0 Å². The van der Waals surface area contributed by atoms with Crippen LogP contribution in [-0.2, 0) is 11.3 Å². The summed E-state index contributed by atoms with van der Waals surface area (Å²) >= 11 is 3.24. The van der Waals surface area contributed by atoms with Crippen LogP contribution in [0.4, 0.5) is 0 Å². The van der Waals surface area contributed by atoms with Gasteiger partial charge in [0.25, 0.3) is 5.56 Å². The van der Waals surface area contributed by atoms with Crippen LogP contribution >= 0.6 is 15.9 Å². The number of aliphatic hydroxyl groups is 1. The van der Waals surface area contributed by atoms with E-state index in [2.05, 4.69) is 21.0 Å². The highest BCUT2D eigenvalue weighted by atomic mass is 79.9. The molecule has 1 aliphatic rings. The van der Waals surface area contributed by atoms with E-state index in [1.807, 2.05) is 0 Å². The van der Waals surface area contributed by atoms with E-state index in [0.717, 1.165) is 19.3 Å². The molecular weight excluding hydrogens is 276 g/mol. The number of aromatic nitrogens is 2. The number of H-pyrrole nitrogens is 1. The maximum Gasteiger partial charge on any atom is 0.281 e. The van der Waals surface area contributed by atoms with Gasteiger partial charge in [-0.05, 0) is 35.2 Å². The Labute approximate surface area is 102 Å². The molecule has 1 saturated carbocycles. The molecule has 90 valence electrons. The van der Waals surface area contributed by atoms with Gasteiger partial charge < -0.3 is 9.84 Å². The lowest BCUT2D eigenvalue weighted by molar-refractivity contribution is 0.127. The minimum absolute atomic E-state index is 0.127. The molecule has 0 spiro atoms. The molecule has 1 aromatic heterocycles. The molecule has 2 N–H and O–H groups in total. The molecular formula is C10H15BrN2O3. The maximum atomic E-state index is 11.9.